The number of carbonyl (C=O) groups is 3. The van der Waals surface area contributed by atoms with E-state index in [0.717, 1.165) is 6.08 Å². The number of hydrogen-bond acceptors (Lipinski definition) is 7. The molecule has 31 heavy (non-hydrogen) atoms. The number of aromatic carboxylic acids is 1. The molecule has 0 spiro atoms. The van der Waals surface area contributed by atoms with Gasteiger partial charge >= 0.3 is 17.9 Å². The van der Waals surface area contributed by atoms with E-state index in [9.17, 15) is 19.5 Å². The van der Waals surface area contributed by atoms with Crippen LogP contribution in [-0.2, 0) is 19.1 Å². The van der Waals surface area contributed by atoms with Gasteiger partial charge < -0.3 is 19.9 Å². The SMILES string of the molecule is COC(=O)/C=C(/Nc1cccc(-c2cc(C(=O)O)c3cc(Cl)ccc3n2)c1)C(=O)OC. The summed E-state index contributed by atoms with van der Waals surface area (Å²) in [7, 11) is 2.37. The molecule has 0 aliphatic rings. The first-order valence-corrected chi connectivity index (χ1v) is 9.29. The van der Waals surface area contributed by atoms with Crippen molar-refractivity contribution < 1.29 is 29.0 Å². The number of hydrogen-bond donors (Lipinski definition) is 2. The van der Waals surface area contributed by atoms with E-state index in [0.29, 0.717) is 32.9 Å². The zero-order chi connectivity index (χ0) is 22.5. The lowest BCUT2D eigenvalue weighted by atomic mass is 10.0. The first-order valence-electron chi connectivity index (χ1n) is 8.91. The Morgan fingerprint density at radius 3 is 2.52 bits per heavy atom. The van der Waals surface area contributed by atoms with Gasteiger partial charge in [-0.05, 0) is 36.4 Å². The molecule has 0 unspecified atom stereocenters. The van der Waals surface area contributed by atoms with E-state index < -0.39 is 17.9 Å². The summed E-state index contributed by atoms with van der Waals surface area (Å²) in [5, 5.41) is 13.3. The molecule has 2 N–H and O–H groups in total. The quantitative estimate of drug-likeness (QED) is 0.438. The number of ether oxygens (including phenoxy) is 2. The van der Waals surface area contributed by atoms with Crippen LogP contribution in [0.2, 0.25) is 5.02 Å². The number of rotatable bonds is 6. The average molecular weight is 441 g/mol. The van der Waals surface area contributed by atoms with Crippen LogP contribution in [0, 0.1) is 0 Å². The molecule has 8 nitrogen and oxygen atoms in total. The predicted octanol–water partition coefficient (Wildman–Crippen LogP) is 3.90. The van der Waals surface area contributed by atoms with Gasteiger partial charge in [0.05, 0.1) is 37.1 Å². The monoisotopic (exact) mass is 440 g/mol. The molecular formula is C22H17ClN2O6. The van der Waals surface area contributed by atoms with E-state index >= 15 is 0 Å². The van der Waals surface area contributed by atoms with Crippen LogP contribution in [0.25, 0.3) is 22.2 Å². The minimum atomic E-state index is -1.11. The van der Waals surface area contributed by atoms with Crippen LogP contribution in [0.1, 0.15) is 10.4 Å². The van der Waals surface area contributed by atoms with Gasteiger partial charge in [-0.3, -0.25) is 0 Å². The van der Waals surface area contributed by atoms with Gasteiger partial charge in [0.2, 0.25) is 0 Å². The number of carboxylic acid groups (broad SMARTS) is 1. The third-order valence-corrected chi connectivity index (χ3v) is 4.54. The van der Waals surface area contributed by atoms with Crippen molar-refractivity contribution in [3.8, 4) is 11.3 Å². The Balaban J connectivity index is 2.05. The fourth-order valence-corrected chi connectivity index (χ4v) is 3.04. The second-order valence-corrected chi connectivity index (χ2v) is 6.74. The van der Waals surface area contributed by atoms with E-state index in [-0.39, 0.29) is 11.3 Å². The lowest BCUT2D eigenvalue weighted by Crippen LogP contribution is -2.15. The number of benzene rings is 2. The zero-order valence-corrected chi connectivity index (χ0v) is 17.3. The zero-order valence-electron chi connectivity index (χ0n) is 16.5. The predicted molar refractivity (Wildman–Crippen MR) is 115 cm³/mol. The maximum Gasteiger partial charge on any atom is 0.354 e. The highest BCUT2D eigenvalue weighted by Gasteiger charge is 2.16. The fraction of sp³-hybridized carbons (Fsp3) is 0.0909. The molecule has 1 aromatic heterocycles. The molecule has 1 heterocycles. The summed E-state index contributed by atoms with van der Waals surface area (Å²) >= 11 is 6.00. The molecule has 0 atom stereocenters. The molecular weight excluding hydrogens is 424 g/mol. The molecule has 0 fully saturated rings. The smallest absolute Gasteiger partial charge is 0.354 e. The molecule has 0 aliphatic carbocycles. The molecule has 158 valence electrons. The molecule has 0 saturated heterocycles. The number of carbonyl (C=O) groups excluding carboxylic acids is 2. The van der Waals surface area contributed by atoms with Crippen molar-refractivity contribution in [3.05, 3.63) is 70.9 Å². The second-order valence-electron chi connectivity index (χ2n) is 6.30. The number of esters is 2. The molecule has 3 rings (SSSR count). The Hall–Kier alpha value is -3.91. The molecule has 0 radical (unpaired) electrons. The summed E-state index contributed by atoms with van der Waals surface area (Å²) in [6.45, 7) is 0. The lowest BCUT2D eigenvalue weighted by molar-refractivity contribution is -0.138. The molecule has 0 saturated carbocycles. The van der Waals surface area contributed by atoms with Crippen molar-refractivity contribution in [2.45, 2.75) is 0 Å². The van der Waals surface area contributed by atoms with Crippen molar-refractivity contribution in [3.63, 3.8) is 0 Å². The van der Waals surface area contributed by atoms with Crippen LogP contribution >= 0.6 is 11.6 Å². The summed E-state index contributed by atoms with van der Waals surface area (Å²) < 4.78 is 9.23. The summed E-state index contributed by atoms with van der Waals surface area (Å²) in [6.07, 6.45) is 0.971. The van der Waals surface area contributed by atoms with Crippen molar-refractivity contribution in [2.24, 2.45) is 0 Å². The number of methoxy groups -OCH3 is 2. The van der Waals surface area contributed by atoms with Gasteiger partial charge in [-0.1, -0.05) is 23.7 Å². The first-order chi connectivity index (χ1) is 14.8. The Morgan fingerprint density at radius 1 is 1.06 bits per heavy atom. The van der Waals surface area contributed by atoms with E-state index in [1.807, 2.05) is 0 Å². The summed E-state index contributed by atoms with van der Waals surface area (Å²) in [6, 6.07) is 13.0. The van der Waals surface area contributed by atoms with Crippen LogP contribution in [0.3, 0.4) is 0 Å². The normalized spacial score (nSPS) is 11.1. The number of halogens is 1. The van der Waals surface area contributed by atoms with Gasteiger partial charge in [-0.25, -0.2) is 19.4 Å². The molecule has 0 amide bonds. The van der Waals surface area contributed by atoms with Crippen molar-refractivity contribution >= 4 is 46.1 Å². The van der Waals surface area contributed by atoms with Gasteiger partial charge in [0.25, 0.3) is 0 Å². The van der Waals surface area contributed by atoms with Crippen molar-refractivity contribution in [1.82, 2.24) is 4.98 Å². The third-order valence-electron chi connectivity index (χ3n) is 4.31. The standard InChI is InChI=1S/C22H17ClN2O6/c1-30-20(26)11-19(22(29)31-2)24-14-5-3-4-12(8-14)18-10-16(21(27)28)15-9-13(23)6-7-17(15)25-18/h3-11,24H,1-2H3,(H,27,28)/b19-11+. The van der Waals surface area contributed by atoms with Crippen LogP contribution in [0.15, 0.2) is 60.3 Å². The van der Waals surface area contributed by atoms with Gasteiger partial charge in [0.15, 0.2) is 0 Å². The molecule has 9 heteroatoms. The number of carboxylic acids is 1. The van der Waals surface area contributed by atoms with Crippen LogP contribution in [0.4, 0.5) is 5.69 Å². The lowest BCUT2D eigenvalue weighted by Gasteiger charge is -2.11. The number of anilines is 1. The van der Waals surface area contributed by atoms with Crippen molar-refractivity contribution in [1.29, 1.82) is 0 Å². The topological polar surface area (TPSA) is 115 Å². The molecule has 0 bridgehead atoms. The van der Waals surface area contributed by atoms with Crippen molar-refractivity contribution in [2.75, 3.05) is 19.5 Å². The number of aromatic nitrogens is 1. The summed E-state index contributed by atoms with van der Waals surface area (Å²) in [5.41, 5.74) is 1.85. The van der Waals surface area contributed by atoms with Crippen LogP contribution in [-0.4, -0.2) is 42.2 Å². The number of nitrogens with one attached hydrogen (secondary N) is 1. The number of pyridine rings is 1. The van der Waals surface area contributed by atoms with Gasteiger partial charge in [0, 0.05) is 21.7 Å². The summed E-state index contributed by atoms with van der Waals surface area (Å²) in [4.78, 5) is 39.8. The second kappa shape index (κ2) is 9.27. The summed E-state index contributed by atoms with van der Waals surface area (Å²) in [5.74, 6) is -2.60. The van der Waals surface area contributed by atoms with Crippen LogP contribution < -0.4 is 5.32 Å². The Labute approximate surface area is 182 Å². The van der Waals surface area contributed by atoms with Gasteiger partial charge in [0.1, 0.15) is 5.70 Å². The van der Waals surface area contributed by atoms with Gasteiger partial charge in [-0.2, -0.15) is 0 Å². The Morgan fingerprint density at radius 2 is 1.84 bits per heavy atom. The van der Waals surface area contributed by atoms with E-state index in [4.69, 9.17) is 11.6 Å². The Kier molecular flexibility index (Phi) is 6.52. The minimum absolute atomic E-state index is 0.0571. The third kappa shape index (κ3) is 4.99. The van der Waals surface area contributed by atoms with Gasteiger partial charge in [-0.15, -0.1) is 0 Å². The number of fused-ring (bicyclic) bond motifs is 1. The maximum absolute atomic E-state index is 12.0. The molecule has 0 aliphatic heterocycles. The highest BCUT2D eigenvalue weighted by atomic mass is 35.5. The highest BCUT2D eigenvalue weighted by Crippen LogP contribution is 2.28. The molecule has 3 aromatic rings. The maximum atomic E-state index is 12.0. The number of nitrogens with zero attached hydrogens (tertiary/aromatic N) is 1. The fourth-order valence-electron chi connectivity index (χ4n) is 2.87. The Bertz CT molecular complexity index is 1220. The highest BCUT2D eigenvalue weighted by molar-refractivity contribution is 6.31. The van der Waals surface area contributed by atoms with Crippen LogP contribution in [0.5, 0.6) is 0 Å². The average Bonchev–Trinajstić information content (AvgIpc) is 2.77. The van der Waals surface area contributed by atoms with E-state index in [1.54, 1.807) is 42.5 Å². The first kappa shape index (κ1) is 21.8. The van der Waals surface area contributed by atoms with E-state index in [2.05, 4.69) is 19.8 Å². The molecule has 2 aromatic carbocycles. The van der Waals surface area contributed by atoms with E-state index in [1.165, 1.54) is 20.3 Å². The largest absolute Gasteiger partial charge is 0.478 e. The minimum Gasteiger partial charge on any atom is -0.478 e.